The summed E-state index contributed by atoms with van der Waals surface area (Å²) in [6, 6.07) is 16.3. The molecule has 1 aromatic heterocycles. The average molecular weight is 474 g/mol. The highest BCUT2D eigenvalue weighted by Gasteiger charge is 2.31. The van der Waals surface area contributed by atoms with E-state index in [1.54, 1.807) is 41.6 Å². The molecular formula is C27H28FN5O2. The minimum atomic E-state index is -0.334. The van der Waals surface area contributed by atoms with Crippen LogP contribution in [0.1, 0.15) is 29.9 Å². The van der Waals surface area contributed by atoms with Crippen molar-refractivity contribution in [1.82, 2.24) is 20.4 Å². The Labute approximate surface area is 204 Å². The fraction of sp³-hybridized carbons (Fsp3) is 0.333. The van der Waals surface area contributed by atoms with Crippen LogP contribution in [0.5, 0.6) is 0 Å². The number of hydrogen-bond donors (Lipinski definition) is 1. The molecule has 7 nitrogen and oxygen atoms in total. The molecule has 0 unspecified atom stereocenters. The predicted octanol–water partition coefficient (Wildman–Crippen LogP) is 3.45. The summed E-state index contributed by atoms with van der Waals surface area (Å²) in [7, 11) is 0. The topological polar surface area (TPSA) is 78.4 Å². The normalized spacial score (nSPS) is 16.5. The number of nitrogens with zero attached hydrogens (tertiary/aromatic N) is 4. The van der Waals surface area contributed by atoms with E-state index in [4.69, 9.17) is 0 Å². The van der Waals surface area contributed by atoms with Gasteiger partial charge in [-0.25, -0.2) is 4.39 Å². The number of likely N-dealkylation sites (tertiary alicyclic amines) is 1. The second-order valence-corrected chi connectivity index (χ2v) is 9.14. The third-order valence-electron chi connectivity index (χ3n) is 6.95. The summed E-state index contributed by atoms with van der Waals surface area (Å²) in [5.74, 6) is -0.0293. The number of carbonyl (C=O) groups is 2. The molecular weight excluding hydrogens is 445 g/mol. The van der Waals surface area contributed by atoms with E-state index in [0.29, 0.717) is 43.3 Å². The Balaban J connectivity index is 1.24. The van der Waals surface area contributed by atoms with Gasteiger partial charge in [0.05, 0.1) is 30.4 Å². The molecule has 0 atom stereocenters. The number of piperidine rings is 1. The molecule has 2 aliphatic rings. The van der Waals surface area contributed by atoms with Crippen molar-refractivity contribution in [2.45, 2.75) is 25.2 Å². The number of hydrogen-bond acceptors (Lipinski definition) is 5. The quantitative estimate of drug-likeness (QED) is 0.593. The number of amides is 2. The van der Waals surface area contributed by atoms with Gasteiger partial charge >= 0.3 is 0 Å². The van der Waals surface area contributed by atoms with E-state index in [1.165, 1.54) is 11.6 Å². The smallest absolute Gasteiger partial charge is 0.237 e. The van der Waals surface area contributed by atoms with Crippen molar-refractivity contribution < 1.29 is 14.0 Å². The van der Waals surface area contributed by atoms with E-state index in [9.17, 15) is 14.0 Å². The molecule has 0 radical (unpaired) electrons. The molecule has 8 heteroatoms. The van der Waals surface area contributed by atoms with Crippen LogP contribution in [0, 0.1) is 11.7 Å². The number of anilines is 2. The van der Waals surface area contributed by atoms with Crippen LogP contribution in [0.15, 0.2) is 67.0 Å². The molecule has 3 aromatic rings. The van der Waals surface area contributed by atoms with Crippen LogP contribution in [0.2, 0.25) is 0 Å². The van der Waals surface area contributed by atoms with Crippen molar-refractivity contribution in [3.05, 3.63) is 83.9 Å². The number of benzene rings is 2. The largest absolute Gasteiger partial charge is 0.342 e. The van der Waals surface area contributed by atoms with E-state index in [-0.39, 0.29) is 30.0 Å². The fourth-order valence-electron chi connectivity index (χ4n) is 4.74. The molecule has 35 heavy (non-hydrogen) atoms. The molecule has 2 aliphatic heterocycles. The zero-order valence-corrected chi connectivity index (χ0v) is 19.4. The Kier molecular flexibility index (Phi) is 6.81. The number of aromatic nitrogens is 2. The zero-order valence-electron chi connectivity index (χ0n) is 19.4. The number of rotatable bonds is 6. The van der Waals surface area contributed by atoms with Gasteiger partial charge in [0.15, 0.2) is 0 Å². The van der Waals surface area contributed by atoms with Crippen molar-refractivity contribution in [1.29, 1.82) is 0 Å². The van der Waals surface area contributed by atoms with Crippen LogP contribution in [0.3, 0.4) is 0 Å². The van der Waals surface area contributed by atoms with Gasteiger partial charge in [0.25, 0.3) is 0 Å². The van der Waals surface area contributed by atoms with Gasteiger partial charge in [0.2, 0.25) is 11.8 Å². The molecule has 1 N–H and O–H groups in total. The van der Waals surface area contributed by atoms with Crippen LogP contribution >= 0.6 is 0 Å². The number of carbonyl (C=O) groups excluding carboxylic acids is 2. The highest BCUT2D eigenvalue weighted by Crippen LogP contribution is 2.32. The van der Waals surface area contributed by atoms with Gasteiger partial charge < -0.3 is 10.2 Å². The lowest BCUT2D eigenvalue weighted by Crippen LogP contribution is -2.51. The molecule has 0 spiro atoms. The molecule has 2 saturated heterocycles. The van der Waals surface area contributed by atoms with Crippen LogP contribution in [-0.2, 0) is 16.0 Å². The Bertz CT molecular complexity index is 1180. The van der Waals surface area contributed by atoms with E-state index < -0.39 is 0 Å². The molecule has 5 rings (SSSR count). The van der Waals surface area contributed by atoms with Crippen LogP contribution in [0.25, 0.3) is 0 Å². The Morgan fingerprint density at radius 1 is 0.971 bits per heavy atom. The zero-order chi connectivity index (χ0) is 24.2. The minimum Gasteiger partial charge on any atom is -0.342 e. The summed E-state index contributed by atoms with van der Waals surface area (Å²) in [5, 5.41) is 10.9. The van der Waals surface area contributed by atoms with Crippen LogP contribution < -0.4 is 10.2 Å². The molecule has 2 amide bonds. The SMILES string of the molecule is O=C(Cc1ccccc1F)N1CCC(c2ccc(N(C(=O)C3CNC3)c3ccnnc3)cc2)CC1. The minimum absolute atomic E-state index is 0.0329. The third-order valence-corrected chi connectivity index (χ3v) is 6.95. The summed E-state index contributed by atoms with van der Waals surface area (Å²) < 4.78 is 13.9. The van der Waals surface area contributed by atoms with Crippen LogP contribution in [0.4, 0.5) is 15.8 Å². The van der Waals surface area contributed by atoms with Crippen molar-refractivity contribution in [2.24, 2.45) is 5.92 Å². The Morgan fingerprint density at radius 2 is 1.71 bits per heavy atom. The van der Waals surface area contributed by atoms with E-state index in [2.05, 4.69) is 27.6 Å². The molecule has 2 fully saturated rings. The summed E-state index contributed by atoms with van der Waals surface area (Å²) in [5.41, 5.74) is 3.14. The lowest BCUT2D eigenvalue weighted by molar-refractivity contribution is -0.131. The standard InChI is InChI=1S/C27H28FN5O2/c28-25-4-2-1-3-21(25)15-26(34)32-13-10-20(11-14-32)19-5-7-23(8-6-19)33(24-9-12-30-31-18-24)27(35)22-16-29-17-22/h1-9,12,18,20,22,29H,10-11,13-17H2. The highest BCUT2D eigenvalue weighted by atomic mass is 19.1. The van der Waals surface area contributed by atoms with Gasteiger partial charge in [-0.1, -0.05) is 30.3 Å². The first-order chi connectivity index (χ1) is 17.1. The molecule has 0 bridgehead atoms. The molecule has 3 heterocycles. The first kappa shape index (κ1) is 23.1. The summed E-state index contributed by atoms with van der Waals surface area (Å²) >= 11 is 0. The highest BCUT2D eigenvalue weighted by molar-refractivity contribution is 6.02. The first-order valence-corrected chi connectivity index (χ1v) is 12.0. The lowest BCUT2D eigenvalue weighted by Gasteiger charge is -2.33. The maximum Gasteiger partial charge on any atom is 0.237 e. The Morgan fingerprint density at radius 3 is 2.34 bits per heavy atom. The Hall–Kier alpha value is -3.65. The van der Waals surface area contributed by atoms with Crippen molar-refractivity contribution in [3.8, 4) is 0 Å². The fourth-order valence-corrected chi connectivity index (χ4v) is 4.74. The van der Waals surface area contributed by atoms with Gasteiger partial charge in [0, 0.05) is 31.9 Å². The summed E-state index contributed by atoms with van der Waals surface area (Å²) in [6.07, 6.45) is 4.99. The molecule has 0 aliphatic carbocycles. The van der Waals surface area contributed by atoms with E-state index >= 15 is 0 Å². The average Bonchev–Trinajstić information content (AvgIpc) is 2.86. The maximum atomic E-state index is 13.9. The lowest BCUT2D eigenvalue weighted by atomic mass is 9.89. The second kappa shape index (κ2) is 10.3. The van der Waals surface area contributed by atoms with Gasteiger partial charge in [0.1, 0.15) is 5.82 Å². The van der Waals surface area contributed by atoms with E-state index in [1.807, 2.05) is 17.0 Å². The monoisotopic (exact) mass is 473 g/mol. The van der Waals surface area contributed by atoms with Crippen molar-refractivity contribution >= 4 is 23.2 Å². The van der Waals surface area contributed by atoms with Crippen molar-refractivity contribution in [2.75, 3.05) is 31.1 Å². The summed E-state index contributed by atoms with van der Waals surface area (Å²) in [6.45, 7) is 2.67. The second-order valence-electron chi connectivity index (χ2n) is 9.14. The molecule has 2 aromatic carbocycles. The molecule has 0 saturated carbocycles. The first-order valence-electron chi connectivity index (χ1n) is 12.0. The summed E-state index contributed by atoms with van der Waals surface area (Å²) in [4.78, 5) is 29.4. The third kappa shape index (κ3) is 5.07. The van der Waals surface area contributed by atoms with Gasteiger partial charge in [-0.15, -0.1) is 0 Å². The van der Waals surface area contributed by atoms with Crippen molar-refractivity contribution in [3.63, 3.8) is 0 Å². The maximum absolute atomic E-state index is 13.9. The van der Waals surface area contributed by atoms with Gasteiger partial charge in [-0.3, -0.25) is 14.5 Å². The van der Waals surface area contributed by atoms with Gasteiger partial charge in [-0.05, 0) is 54.2 Å². The van der Waals surface area contributed by atoms with Crippen LogP contribution in [-0.4, -0.2) is 53.1 Å². The van der Waals surface area contributed by atoms with E-state index in [0.717, 1.165) is 18.5 Å². The van der Waals surface area contributed by atoms with Gasteiger partial charge in [-0.2, -0.15) is 10.2 Å². The predicted molar refractivity (Wildman–Crippen MR) is 131 cm³/mol. The molecule has 180 valence electrons. The number of nitrogens with one attached hydrogen (secondary N) is 1. The number of halogens is 1.